The van der Waals surface area contributed by atoms with Crippen LogP contribution in [0.2, 0.25) is 0 Å². The SMILES string of the molecule is NCc1ccccc1-c1[c]con1. The number of aromatic nitrogens is 1. The van der Waals surface area contributed by atoms with Gasteiger partial charge < -0.3 is 10.3 Å². The number of nitrogens with two attached hydrogens (primary N) is 1. The minimum atomic E-state index is 0.497. The molecule has 0 saturated heterocycles. The fourth-order valence-electron chi connectivity index (χ4n) is 1.24. The summed E-state index contributed by atoms with van der Waals surface area (Å²) in [5.74, 6) is 0. The van der Waals surface area contributed by atoms with Crippen molar-refractivity contribution in [2.75, 3.05) is 0 Å². The first-order chi connectivity index (χ1) is 6.42. The van der Waals surface area contributed by atoms with Crippen molar-refractivity contribution in [1.29, 1.82) is 0 Å². The van der Waals surface area contributed by atoms with E-state index in [4.69, 9.17) is 10.3 Å². The highest BCUT2D eigenvalue weighted by Crippen LogP contribution is 2.20. The zero-order valence-corrected chi connectivity index (χ0v) is 7.03. The second-order valence-corrected chi connectivity index (χ2v) is 2.67. The summed E-state index contributed by atoms with van der Waals surface area (Å²) in [4.78, 5) is 0. The average molecular weight is 173 g/mol. The van der Waals surface area contributed by atoms with Crippen LogP contribution in [0.15, 0.2) is 35.1 Å². The molecular weight excluding hydrogens is 164 g/mol. The predicted molar refractivity (Wildman–Crippen MR) is 48.7 cm³/mol. The Morgan fingerprint density at radius 2 is 2.23 bits per heavy atom. The molecule has 0 amide bonds. The van der Waals surface area contributed by atoms with Crippen molar-refractivity contribution >= 4 is 0 Å². The first-order valence-corrected chi connectivity index (χ1v) is 4.02. The summed E-state index contributed by atoms with van der Waals surface area (Å²) in [5.41, 5.74) is 8.33. The van der Waals surface area contributed by atoms with Crippen LogP contribution in [-0.4, -0.2) is 5.16 Å². The van der Waals surface area contributed by atoms with Gasteiger partial charge in [-0.15, -0.1) is 0 Å². The van der Waals surface area contributed by atoms with Gasteiger partial charge in [0.25, 0.3) is 0 Å². The second-order valence-electron chi connectivity index (χ2n) is 2.67. The van der Waals surface area contributed by atoms with E-state index in [0.29, 0.717) is 12.2 Å². The van der Waals surface area contributed by atoms with Gasteiger partial charge in [-0.05, 0) is 5.56 Å². The quantitative estimate of drug-likeness (QED) is 0.750. The van der Waals surface area contributed by atoms with Crippen LogP contribution in [0.5, 0.6) is 0 Å². The van der Waals surface area contributed by atoms with Gasteiger partial charge in [-0.3, -0.25) is 0 Å². The molecule has 65 valence electrons. The molecule has 1 radical (unpaired) electrons. The molecule has 0 unspecified atom stereocenters. The van der Waals surface area contributed by atoms with Gasteiger partial charge in [-0.1, -0.05) is 29.4 Å². The van der Waals surface area contributed by atoms with Gasteiger partial charge in [-0.2, -0.15) is 0 Å². The van der Waals surface area contributed by atoms with Crippen molar-refractivity contribution in [2.24, 2.45) is 5.73 Å². The highest BCUT2D eigenvalue weighted by atomic mass is 16.5. The zero-order chi connectivity index (χ0) is 9.10. The lowest BCUT2D eigenvalue weighted by Gasteiger charge is -2.02. The molecule has 1 aromatic heterocycles. The van der Waals surface area contributed by atoms with Gasteiger partial charge in [0.05, 0.1) is 6.07 Å². The zero-order valence-electron chi connectivity index (χ0n) is 7.03. The molecule has 1 heterocycles. The molecule has 0 aliphatic heterocycles. The molecule has 0 bridgehead atoms. The van der Waals surface area contributed by atoms with Crippen LogP contribution in [0.4, 0.5) is 0 Å². The molecule has 2 aromatic rings. The van der Waals surface area contributed by atoms with E-state index in [0.717, 1.165) is 11.1 Å². The summed E-state index contributed by atoms with van der Waals surface area (Å²) < 4.78 is 4.72. The Bertz CT molecular complexity index is 382. The maximum Gasteiger partial charge on any atom is 0.132 e. The summed E-state index contributed by atoms with van der Waals surface area (Å²) in [6.07, 6.45) is 1.43. The predicted octanol–water partition coefficient (Wildman–Crippen LogP) is 1.60. The summed E-state index contributed by atoms with van der Waals surface area (Å²) >= 11 is 0. The van der Waals surface area contributed by atoms with E-state index in [2.05, 4.69) is 11.2 Å². The van der Waals surface area contributed by atoms with Crippen LogP contribution in [0, 0.1) is 6.07 Å². The Balaban J connectivity index is 2.51. The van der Waals surface area contributed by atoms with Crippen molar-refractivity contribution in [2.45, 2.75) is 6.54 Å². The average Bonchev–Trinajstić information content (AvgIpc) is 2.70. The lowest BCUT2D eigenvalue weighted by atomic mass is 10.1. The molecule has 0 aliphatic rings. The Morgan fingerprint density at radius 1 is 1.38 bits per heavy atom. The van der Waals surface area contributed by atoms with Crippen molar-refractivity contribution in [1.82, 2.24) is 5.16 Å². The van der Waals surface area contributed by atoms with Crippen LogP contribution >= 0.6 is 0 Å². The number of hydrogen-bond donors (Lipinski definition) is 1. The van der Waals surface area contributed by atoms with Gasteiger partial charge in [-0.25, -0.2) is 0 Å². The normalized spacial score (nSPS) is 10.2. The molecule has 3 heteroatoms. The Labute approximate surface area is 76.2 Å². The third-order valence-corrected chi connectivity index (χ3v) is 1.88. The minimum absolute atomic E-state index is 0.497. The van der Waals surface area contributed by atoms with E-state index >= 15 is 0 Å². The molecular formula is C10H9N2O. The largest absolute Gasteiger partial charge is 0.363 e. The molecule has 1 aromatic carbocycles. The fourth-order valence-corrected chi connectivity index (χ4v) is 1.24. The summed E-state index contributed by atoms with van der Waals surface area (Å²) in [6.45, 7) is 0.497. The Hall–Kier alpha value is -1.61. The monoisotopic (exact) mass is 173 g/mol. The van der Waals surface area contributed by atoms with Crippen molar-refractivity contribution in [3.8, 4) is 11.3 Å². The van der Waals surface area contributed by atoms with Gasteiger partial charge in [0.2, 0.25) is 0 Å². The van der Waals surface area contributed by atoms with Crippen molar-refractivity contribution in [3.05, 3.63) is 42.2 Å². The summed E-state index contributed by atoms with van der Waals surface area (Å²) in [5, 5.41) is 3.81. The first-order valence-electron chi connectivity index (χ1n) is 4.02. The highest BCUT2D eigenvalue weighted by molar-refractivity contribution is 5.62. The topological polar surface area (TPSA) is 52.0 Å². The number of hydrogen-bond acceptors (Lipinski definition) is 3. The van der Waals surface area contributed by atoms with Crippen molar-refractivity contribution in [3.63, 3.8) is 0 Å². The molecule has 2 rings (SSSR count). The maximum absolute atomic E-state index is 5.58. The first kappa shape index (κ1) is 8.01. The van der Waals surface area contributed by atoms with Gasteiger partial charge >= 0.3 is 0 Å². The molecule has 13 heavy (non-hydrogen) atoms. The van der Waals surface area contributed by atoms with E-state index in [1.165, 1.54) is 6.26 Å². The van der Waals surface area contributed by atoms with Crippen molar-refractivity contribution < 1.29 is 4.52 Å². The third-order valence-electron chi connectivity index (χ3n) is 1.88. The fraction of sp³-hybridized carbons (Fsp3) is 0.100. The van der Waals surface area contributed by atoms with Crippen LogP contribution in [0.1, 0.15) is 5.56 Å². The molecule has 0 fully saturated rings. The number of benzene rings is 1. The number of nitrogens with zero attached hydrogens (tertiary/aromatic N) is 1. The van der Waals surface area contributed by atoms with Gasteiger partial charge in [0.1, 0.15) is 12.0 Å². The standard InChI is InChI=1S/C10H9N2O/c11-7-8-3-1-2-4-9(8)10-5-6-13-12-10/h1-4,6H,7,11H2. The summed E-state index contributed by atoms with van der Waals surface area (Å²) in [7, 11) is 0. The lowest BCUT2D eigenvalue weighted by Crippen LogP contribution is -1.98. The second kappa shape index (κ2) is 3.41. The smallest absolute Gasteiger partial charge is 0.132 e. The van der Waals surface area contributed by atoms with E-state index < -0.39 is 0 Å². The summed E-state index contributed by atoms with van der Waals surface area (Å²) in [6, 6.07) is 10.7. The molecule has 3 nitrogen and oxygen atoms in total. The number of rotatable bonds is 2. The van der Waals surface area contributed by atoms with E-state index in [9.17, 15) is 0 Å². The van der Waals surface area contributed by atoms with Gasteiger partial charge in [0.15, 0.2) is 0 Å². The van der Waals surface area contributed by atoms with E-state index in [1.807, 2.05) is 24.3 Å². The molecule has 0 spiro atoms. The van der Waals surface area contributed by atoms with Crippen LogP contribution in [0.25, 0.3) is 11.3 Å². The lowest BCUT2D eigenvalue weighted by molar-refractivity contribution is 0.422. The van der Waals surface area contributed by atoms with Crippen LogP contribution in [-0.2, 0) is 6.54 Å². The van der Waals surface area contributed by atoms with Crippen LogP contribution < -0.4 is 5.73 Å². The molecule has 0 aliphatic carbocycles. The van der Waals surface area contributed by atoms with E-state index in [-0.39, 0.29) is 0 Å². The minimum Gasteiger partial charge on any atom is -0.363 e. The van der Waals surface area contributed by atoms with E-state index in [1.54, 1.807) is 0 Å². The highest BCUT2D eigenvalue weighted by Gasteiger charge is 2.05. The van der Waals surface area contributed by atoms with Crippen LogP contribution in [0.3, 0.4) is 0 Å². The van der Waals surface area contributed by atoms with Gasteiger partial charge in [0, 0.05) is 12.1 Å². The molecule has 2 N–H and O–H groups in total. The Morgan fingerprint density at radius 3 is 2.92 bits per heavy atom. The third kappa shape index (κ3) is 1.46. The molecule has 0 atom stereocenters. The Kier molecular flexibility index (Phi) is 2.10. The maximum atomic E-state index is 5.58. The molecule has 0 saturated carbocycles.